The molecule has 0 atom stereocenters. The molecule has 20 heavy (non-hydrogen) atoms. The molecule has 0 aliphatic carbocycles. The fourth-order valence-corrected chi connectivity index (χ4v) is 5.16. The normalized spacial score (nSPS) is 10.3. The second-order valence-corrected chi connectivity index (χ2v) is 7.75. The summed E-state index contributed by atoms with van der Waals surface area (Å²) in [6.07, 6.45) is -2.03. The maximum atomic E-state index is 10.2. The van der Waals surface area contributed by atoms with Gasteiger partial charge in [-0.25, -0.2) is 0 Å². The third kappa shape index (κ3) is 28.3. The van der Waals surface area contributed by atoms with Crippen LogP contribution in [0.1, 0.15) is 0 Å². The van der Waals surface area contributed by atoms with Gasteiger partial charge in [-0.05, 0) is 6.16 Å². The minimum absolute atomic E-state index is 0. The van der Waals surface area contributed by atoms with Gasteiger partial charge in [0.15, 0.2) is 0 Å². The van der Waals surface area contributed by atoms with Gasteiger partial charge in [-0.1, -0.05) is 22.8 Å². The molecule has 0 radical (unpaired) electrons. The zero-order valence-electron chi connectivity index (χ0n) is 12.3. The molecule has 0 N–H and O–H groups in total. The largest absolute Gasteiger partial charge is 1.00 e. The van der Waals surface area contributed by atoms with Crippen LogP contribution in [-0.2, 0) is 13.7 Å². The van der Waals surface area contributed by atoms with Crippen molar-refractivity contribution in [2.24, 2.45) is 0 Å². The van der Waals surface area contributed by atoms with E-state index in [4.69, 9.17) is 0 Å². The molecule has 0 heterocycles. The van der Waals surface area contributed by atoms with Crippen molar-refractivity contribution in [3.05, 3.63) is 0 Å². The zero-order valence-corrected chi connectivity index (χ0v) is 33.7. The van der Waals surface area contributed by atoms with Crippen LogP contribution in [0.3, 0.4) is 0 Å². The average Bonchev–Trinajstić information content (AvgIpc) is 1.75. The van der Waals surface area contributed by atoms with Crippen LogP contribution < -0.4 is 338 Å². The van der Waals surface area contributed by atoms with Gasteiger partial charge in [0.05, 0.1) is 0 Å². The van der Waals surface area contributed by atoms with E-state index in [0.29, 0.717) is 0 Å². The molecular weight excluding hydrogens is 496 g/mol. The Kier molecular flexibility index (Phi) is 53.8. The summed E-state index contributed by atoms with van der Waals surface area (Å²) >= 11 is 0. The Morgan fingerprint density at radius 1 is 0.600 bits per heavy atom. The van der Waals surface area contributed by atoms with Crippen LogP contribution in [-0.4, -0.2) is 11.6 Å². The van der Waals surface area contributed by atoms with E-state index < -0.39 is 34.3 Å². The van der Waals surface area contributed by atoms with Crippen molar-refractivity contribution in [2.75, 3.05) is 6.16 Å². The first-order valence-electron chi connectivity index (χ1n) is 2.88. The first-order chi connectivity index (χ1) is 5.84. The predicted octanol–water partition coefficient (Wildman–Crippen LogP) is -22.9. The van der Waals surface area contributed by atoms with Gasteiger partial charge < -0.3 is 43.1 Å². The maximum absolute atomic E-state index is 10.2. The fourth-order valence-electron chi connectivity index (χ4n) is 0.573. The van der Waals surface area contributed by atoms with Gasteiger partial charge in [-0.3, -0.25) is 0 Å². The zero-order chi connectivity index (χ0) is 11.8. The van der Waals surface area contributed by atoms with Gasteiger partial charge in [0, 0.05) is 5.40 Å². The van der Waals surface area contributed by atoms with Crippen molar-refractivity contribution in [3.8, 4) is 0 Å². The number of hydrogen-bond donors (Lipinski definition) is 0. The quantitative estimate of drug-likeness (QED) is 0.267. The molecule has 0 fully saturated rings. The third-order valence-electron chi connectivity index (χ3n) is 1.12. The smallest absolute Gasteiger partial charge is 0.811 e. The summed E-state index contributed by atoms with van der Waals surface area (Å²) in [5.41, 5.74) is 0. The minimum atomic E-state index is -5.95. The SMILES string of the molecule is O=P([O-])([O-])CC(P(=O)([O-])[O-])P(=O)([O-])[O-].[K+].[K+].[K+].[K+].[K+].[K+]. The molecule has 18 heteroatoms. The van der Waals surface area contributed by atoms with Gasteiger partial charge >= 0.3 is 308 Å². The van der Waals surface area contributed by atoms with Crippen molar-refractivity contribution < 1.29 is 351 Å². The molecule has 0 saturated carbocycles. The van der Waals surface area contributed by atoms with Crippen molar-refractivity contribution in [3.63, 3.8) is 0 Å². The Bertz CT molecular complexity index is 324. The van der Waals surface area contributed by atoms with Gasteiger partial charge in [0.2, 0.25) is 0 Å². The second-order valence-electron chi connectivity index (χ2n) is 2.35. The summed E-state index contributed by atoms with van der Waals surface area (Å²) in [4.78, 5) is 60.6. The van der Waals surface area contributed by atoms with Crippen molar-refractivity contribution in [2.45, 2.75) is 5.40 Å². The standard InChI is InChI=1S/C2H9O9P3.6K/c3-12(4,5)1-2(13(6,7)8)14(9,10)11;;;;;;/h2H,1H2,(H2,3,4,5)(H2,6,7,8)(H2,9,10,11);;;;;;/q;6*+1/p-6. The van der Waals surface area contributed by atoms with Crippen LogP contribution in [0.5, 0.6) is 0 Å². The van der Waals surface area contributed by atoms with Gasteiger partial charge in [0.1, 0.15) is 0 Å². The second kappa shape index (κ2) is 22.5. The summed E-state index contributed by atoms with van der Waals surface area (Å²) in [6.45, 7) is 0. The van der Waals surface area contributed by atoms with Crippen LogP contribution in [0, 0.1) is 0 Å². The predicted molar refractivity (Wildman–Crippen MR) is 31.5 cm³/mol. The van der Waals surface area contributed by atoms with Crippen LogP contribution in [0.2, 0.25) is 0 Å². The average molecular weight is 499 g/mol. The minimum Gasteiger partial charge on any atom is -0.811 e. The summed E-state index contributed by atoms with van der Waals surface area (Å²) in [5.74, 6) is 0. The van der Waals surface area contributed by atoms with Crippen molar-refractivity contribution >= 4 is 22.8 Å². The Morgan fingerprint density at radius 3 is 0.850 bits per heavy atom. The maximum Gasteiger partial charge on any atom is 1.00 e. The third-order valence-corrected chi connectivity index (χ3v) is 6.03. The van der Waals surface area contributed by atoms with Gasteiger partial charge in [0.25, 0.3) is 0 Å². The van der Waals surface area contributed by atoms with E-state index in [2.05, 4.69) is 0 Å². The molecule has 0 aromatic heterocycles. The van der Waals surface area contributed by atoms with E-state index >= 15 is 0 Å². The fraction of sp³-hybridized carbons (Fsp3) is 1.00. The van der Waals surface area contributed by atoms with E-state index in [-0.39, 0.29) is 308 Å². The van der Waals surface area contributed by atoms with E-state index in [1.807, 2.05) is 0 Å². The molecule has 0 unspecified atom stereocenters. The summed E-state index contributed by atoms with van der Waals surface area (Å²) in [5, 5.41) is -3.23. The first-order valence-corrected chi connectivity index (χ1v) is 7.84. The molecule has 0 rings (SSSR count). The van der Waals surface area contributed by atoms with Gasteiger partial charge in [-0.2, -0.15) is 0 Å². The molecule has 0 aromatic carbocycles. The molecular formula is C2H3K6O9P3. The number of rotatable bonds is 4. The van der Waals surface area contributed by atoms with Crippen molar-refractivity contribution in [1.82, 2.24) is 0 Å². The first kappa shape index (κ1) is 47.9. The van der Waals surface area contributed by atoms with Crippen LogP contribution in [0.4, 0.5) is 0 Å². The monoisotopic (exact) mass is 498 g/mol. The van der Waals surface area contributed by atoms with E-state index in [9.17, 15) is 43.1 Å². The van der Waals surface area contributed by atoms with Crippen LogP contribution in [0.15, 0.2) is 0 Å². The molecule has 0 bridgehead atoms. The molecule has 0 amide bonds. The molecule has 0 aromatic rings. The van der Waals surface area contributed by atoms with Crippen molar-refractivity contribution in [1.29, 1.82) is 0 Å². The molecule has 0 aliphatic rings. The molecule has 0 saturated heterocycles. The topological polar surface area (TPSA) is 190 Å². The van der Waals surface area contributed by atoms with E-state index in [1.165, 1.54) is 0 Å². The molecule has 86 valence electrons. The molecule has 0 spiro atoms. The summed E-state index contributed by atoms with van der Waals surface area (Å²) in [7, 11) is -17.5. The Labute approximate surface area is 372 Å². The molecule has 9 nitrogen and oxygen atoms in total. The van der Waals surface area contributed by atoms with Crippen LogP contribution >= 0.6 is 22.8 Å². The Balaban J connectivity index is -0.0000000563. The summed E-state index contributed by atoms with van der Waals surface area (Å²) in [6, 6.07) is 0. The van der Waals surface area contributed by atoms with E-state index in [1.54, 1.807) is 0 Å². The summed E-state index contributed by atoms with van der Waals surface area (Å²) < 4.78 is 30.3. The Morgan fingerprint density at radius 2 is 0.800 bits per heavy atom. The molecule has 0 aliphatic heterocycles. The van der Waals surface area contributed by atoms with Gasteiger partial charge in [-0.15, -0.1) is 0 Å². The number of hydrogen-bond acceptors (Lipinski definition) is 9. The van der Waals surface area contributed by atoms with Crippen LogP contribution in [0.25, 0.3) is 0 Å². The van der Waals surface area contributed by atoms with E-state index in [0.717, 1.165) is 0 Å². The Hall–Kier alpha value is 10.3.